The number of hydrogen-bond acceptors (Lipinski definition) is 1. The van der Waals surface area contributed by atoms with Gasteiger partial charge in [0.25, 0.3) is 0 Å². The van der Waals surface area contributed by atoms with Crippen molar-refractivity contribution in [2.45, 2.75) is 6.92 Å². The van der Waals surface area contributed by atoms with E-state index in [-0.39, 0.29) is 0 Å². The van der Waals surface area contributed by atoms with Gasteiger partial charge >= 0.3 is 0 Å². The maximum atomic E-state index is 10.4. The minimum atomic E-state index is 0.704. The maximum absolute atomic E-state index is 10.4. The summed E-state index contributed by atoms with van der Waals surface area (Å²) in [4.78, 5) is 10.4. The van der Waals surface area contributed by atoms with Crippen LogP contribution >= 0.6 is 0 Å². The van der Waals surface area contributed by atoms with Crippen LogP contribution in [0, 0.1) is 0 Å². The highest BCUT2D eigenvalue weighted by molar-refractivity contribution is 5.76. The Kier molecular flexibility index (Phi) is 3.21. The molecule has 1 aromatic carbocycles. The highest BCUT2D eigenvalue weighted by Crippen LogP contribution is 2.13. The third kappa shape index (κ3) is 2.41. The van der Waals surface area contributed by atoms with E-state index in [9.17, 15) is 4.79 Å². The van der Waals surface area contributed by atoms with E-state index in [0.29, 0.717) is 5.56 Å². The lowest BCUT2D eigenvalue weighted by molar-refractivity contribution is 0.112. The Bertz CT molecular complexity index is 331. The van der Waals surface area contributed by atoms with Crippen LogP contribution in [0.2, 0.25) is 0 Å². The zero-order valence-electron chi connectivity index (χ0n) is 7.66. The van der Waals surface area contributed by atoms with E-state index in [0.717, 1.165) is 17.4 Å². The predicted octanol–water partition coefficient (Wildman–Crippen LogP) is 3.09. The van der Waals surface area contributed by atoms with E-state index in [4.69, 9.17) is 0 Å². The Hall–Kier alpha value is -1.63. The molecule has 66 valence electrons. The number of benzene rings is 1. The van der Waals surface area contributed by atoms with Gasteiger partial charge in [-0.1, -0.05) is 43.0 Å². The van der Waals surface area contributed by atoms with Crippen molar-refractivity contribution in [1.82, 2.24) is 0 Å². The molecule has 0 aliphatic heterocycles. The third-order valence-electron chi connectivity index (χ3n) is 1.87. The minimum Gasteiger partial charge on any atom is -0.298 e. The summed E-state index contributed by atoms with van der Waals surface area (Å²) < 4.78 is 0. The number of hydrogen-bond donors (Lipinski definition) is 0. The van der Waals surface area contributed by atoms with Gasteiger partial charge in [-0.15, -0.1) is 0 Å². The Morgan fingerprint density at radius 2 is 1.92 bits per heavy atom. The lowest BCUT2D eigenvalue weighted by Gasteiger charge is -1.99. The Labute approximate surface area is 78.4 Å². The summed E-state index contributed by atoms with van der Waals surface area (Å²) in [6.45, 7) is 5.64. The molecule has 0 spiro atoms. The van der Waals surface area contributed by atoms with Crippen molar-refractivity contribution in [3.8, 4) is 0 Å². The maximum Gasteiger partial charge on any atom is 0.150 e. The number of allylic oxidation sites excluding steroid dienone is 3. The second kappa shape index (κ2) is 4.41. The first-order valence-electron chi connectivity index (χ1n) is 4.13. The molecular formula is C12H12O. The zero-order chi connectivity index (χ0) is 9.68. The van der Waals surface area contributed by atoms with Crippen molar-refractivity contribution in [1.29, 1.82) is 0 Å². The Balaban J connectivity index is 2.98. The SMILES string of the molecule is C=C/C=C(\C)c1ccc(C=O)cc1. The lowest BCUT2D eigenvalue weighted by Crippen LogP contribution is -1.82. The fourth-order valence-electron chi connectivity index (χ4n) is 1.10. The first kappa shape index (κ1) is 9.46. The van der Waals surface area contributed by atoms with Crippen molar-refractivity contribution in [2.75, 3.05) is 0 Å². The van der Waals surface area contributed by atoms with E-state index < -0.39 is 0 Å². The molecule has 0 atom stereocenters. The highest BCUT2D eigenvalue weighted by atomic mass is 16.1. The summed E-state index contributed by atoms with van der Waals surface area (Å²) in [5.41, 5.74) is 2.97. The smallest absolute Gasteiger partial charge is 0.150 e. The second-order valence-corrected chi connectivity index (χ2v) is 2.83. The topological polar surface area (TPSA) is 17.1 Å². The van der Waals surface area contributed by atoms with Crippen molar-refractivity contribution in [3.63, 3.8) is 0 Å². The van der Waals surface area contributed by atoms with E-state index in [2.05, 4.69) is 6.58 Å². The first-order valence-corrected chi connectivity index (χ1v) is 4.13. The van der Waals surface area contributed by atoms with Crippen LogP contribution < -0.4 is 0 Å². The summed E-state index contributed by atoms with van der Waals surface area (Å²) in [5.74, 6) is 0. The number of carbonyl (C=O) groups excluding carboxylic acids is 1. The summed E-state index contributed by atoms with van der Waals surface area (Å²) in [5, 5.41) is 0. The van der Waals surface area contributed by atoms with Gasteiger partial charge in [0.15, 0.2) is 0 Å². The van der Waals surface area contributed by atoms with Crippen molar-refractivity contribution < 1.29 is 4.79 Å². The van der Waals surface area contributed by atoms with Gasteiger partial charge in [0.2, 0.25) is 0 Å². The molecule has 0 N–H and O–H groups in total. The molecule has 13 heavy (non-hydrogen) atoms. The molecule has 0 aromatic heterocycles. The fraction of sp³-hybridized carbons (Fsp3) is 0.0833. The standard InChI is InChI=1S/C12H12O/c1-3-4-10(2)12-7-5-11(9-13)6-8-12/h3-9H,1H2,2H3/b10-4+. The molecule has 1 heteroatoms. The molecule has 0 aliphatic rings. The predicted molar refractivity (Wildman–Crippen MR) is 55.7 cm³/mol. The van der Waals surface area contributed by atoms with Crippen LogP contribution in [0.4, 0.5) is 0 Å². The minimum absolute atomic E-state index is 0.704. The van der Waals surface area contributed by atoms with Gasteiger partial charge in [-0.25, -0.2) is 0 Å². The van der Waals surface area contributed by atoms with Crippen molar-refractivity contribution in [2.24, 2.45) is 0 Å². The molecule has 0 amide bonds. The average Bonchev–Trinajstić information content (AvgIpc) is 2.18. The van der Waals surface area contributed by atoms with E-state index in [1.54, 1.807) is 6.08 Å². The van der Waals surface area contributed by atoms with Gasteiger partial charge in [-0.2, -0.15) is 0 Å². The fourth-order valence-corrected chi connectivity index (χ4v) is 1.10. The van der Waals surface area contributed by atoms with Crippen LogP contribution in [0.25, 0.3) is 5.57 Å². The monoisotopic (exact) mass is 172 g/mol. The van der Waals surface area contributed by atoms with Gasteiger partial charge in [0, 0.05) is 5.56 Å². The molecule has 0 radical (unpaired) electrons. The summed E-state index contributed by atoms with van der Waals surface area (Å²) in [7, 11) is 0. The van der Waals surface area contributed by atoms with Crippen LogP contribution in [0.15, 0.2) is 43.0 Å². The molecule has 0 unspecified atom stereocenters. The summed E-state index contributed by atoms with van der Waals surface area (Å²) >= 11 is 0. The molecule has 1 aromatic rings. The molecule has 0 saturated carbocycles. The molecule has 0 saturated heterocycles. The Morgan fingerprint density at radius 1 is 1.31 bits per heavy atom. The summed E-state index contributed by atoms with van der Waals surface area (Å²) in [6.07, 6.45) is 4.54. The van der Waals surface area contributed by atoms with Gasteiger partial charge in [-0.05, 0) is 18.1 Å². The molecule has 0 heterocycles. The molecule has 1 rings (SSSR count). The van der Waals surface area contributed by atoms with Crippen LogP contribution in [0.5, 0.6) is 0 Å². The third-order valence-corrected chi connectivity index (χ3v) is 1.87. The van der Waals surface area contributed by atoms with E-state index >= 15 is 0 Å². The van der Waals surface area contributed by atoms with E-state index in [1.807, 2.05) is 37.3 Å². The van der Waals surface area contributed by atoms with E-state index in [1.165, 1.54) is 0 Å². The first-order chi connectivity index (χ1) is 6.27. The van der Waals surface area contributed by atoms with Crippen LogP contribution in [-0.2, 0) is 0 Å². The van der Waals surface area contributed by atoms with Gasteiger partial charge < -0.3 is 0 Å². The largest absolute Gasteiger partial charge is 0.298 e. The highest BCUT2D eigenvalue weighted by Gasteiger charge is 1.94. The van der Waals surface area contributed by atoms with Gasteiger partial charge in [0.05, 0.1) is 0 Å². The average molecular weight is 172 g/mol. The summed E-state index contributed by atoms with van der Waals surface area (Å²) in [6, 6.07) is 7.48. The van der Waals surface area contributed by atoms with Crippen LogP contribution in [0.1, 0.15) is 22.8 Å². The molecule has 0 fully saturated rings. The van der Waals surface area contributed by atoms with Crippen molar-refractivity contribution in [3.05, 3.63) is 54.1 Å². The number of rotatable bonds is 3. The normalized spacial score (nSPS) is 11.0. The molecule has 0 aliphatic carbocycles. The van der Waals surface area contributed by atoms with Crippen molar-refractivity contribution >= 4 is 11.9 Å². The number of carbonyl (C=O) groups is 1. The van der Waals surface area contributed by atoms with Crippen LogP contribution in [-0.4, -0.2) is 6.29 Å². The quantitative estimate of drug-likeness (QED) is 0.505. The van der Waals surface area contributed by atoms with Crippen LogP contribution in [0.3, 0.4) is 0 Å². The Morgan fingerprint density at radius 3 is 2.38 bits per heavy atom. The second-order valence-electron chi connectivity index (χ2n) is 2.83. The molecule has 0 bridgehead atoms. The zero-order valence-corrected chi connectivity index (χ0v) is 7.66. The van der Waals surface area contributed by atoms with Gasteiger partial charge in [-0.3, -0.25) is 4.79 Å². The molecule has 1 nitrogen and oxygen atoms in total. The molecular weight excluding hydrogens is 160 g/mol. The lowest BCUT2D eigenvalue weighted by atomic mass is 10.1. The van der Waals surface area contributed by atoms with Gasteiger partial charge in [0.1, 0.15) is 6.29 Å². The number of aldehydes is 1.